The first kappa shape index (κ1) is 15.8. The second-order valence-corrected chi connectivity index (χ2v) is 7.75. The molecule has 2 rings (SSSR count). The second kappa shape index (κ2) is 6.02. The molecule has 0 heterocycles. The fourth-order valence-corrected chi connectivity index (χ4v) is 2.84. The molecular formula is C16H21NO3S. The van der Waals surface area contributed by atoms with Crippen LogP contribution in [0.4, 0.5) is 0 Å². The van der Waals surface area contributed by atoms with Crippen LogP contribution in [0.5, 0.6) is 0 Å². The summed E-state index contributed by atoms with van der Waals surface area (Å²) in [7, 11) is -3.18. The van der Waals surface area contributed by atoms with Gasteiger partial charge in [0.1, 0.15) is 0 Å². The lowest BCUT2D eigenvalue weighted by Crippen LogP contribution is -2.25. The molecule has 0 saturated heterocycles. The molecule has 21 heavy (non-hydrogen) atoms. The van der Waals surface area contributed by atoms with E-state index in [1.54, 1.807) is 30.3 Å². The number of amides is 1. The lowest BCUT2D eigenvalue weighted by molar-refractivity contribution is -0.117. The average molecular weight is 307 g/mol. The minimum Gasteiger partial charge on any atom is -0.346 e. The molecule has 0 aliphatic heterocycles. The topological polar surface area (TPSA) is 63.2 Å². The van der Waals surface area contributed by atoms with Crippen LogP contribution in [0.1, 0.15) is 38.3 Å². The number of sulfone groups is 1. The quantitative estimate of drug-likeness (QED) is 0.851. The second-order valence-electron chi connectivity index (χ2n) is 5.73. The van der Waals surface area contributed by atoms with Crippen LogP contribution >= 0.6 is 0 Å². The van der Waals surface area contributed by atoms with E-state index in [-0.39, 0.29) is 16.8 Å². The molecule has 114 valence electrons. The standard InChI is InChI=1S/C16H21NO3S/c1-11(13-4-5-13)10-16(18)17-12(2)14-6-8-15(9-7-14)21(3,19)20/h6-10,12-13H,4-5H2,1-3H3,(H,17,18)/b11-10+. The van der Waals surface area contributed by atoms with Crippen LogP contribution in [0.15, 0.2) is 40.8 Å². The molecule has 1 aliphatic carbocycles. The van der Waals surface area contributed by atoms with Gasteiger partial charge in [-0.05, 0) is 50.3 Å². The van der Waals surface area contributed by atoms with Crippen LogP contribution in [0.2, 0.25) is 0 Å². The first-order valence-electron chi connectivity index (χ1n) is 7.06. The first-order chi connectivity index (χ1) is 9.77. The van der Waals surface area contributed by atoms with Crippen molar-refractivity contribution in [1.82, 2.24) is 5.32 Å². The van der Waals surface area contributed by atoms with Crippen molar-refractivity contribution in [2.75, 3.05) is 6.26 Å². The summed E-state index contributed by atoms with van der Waals surface area (Å²) < 4.78 is 22.8. The summed E-state index contributed by atoms with van der Waals surface area (Å²) in [4.78, 5) is 12.2. The van der Waals surface area contributed by atoms with Gasteiger partial charge in [0.25, 0.3) is 0 Å². The highest BCUT2D eigenvalue weighted by molar-refractivity contribution is 7.90. The normalized spacial score (nSPS) is 17.4. The minimum atomic E-state index is -3.18. The highest BCUT2D eigenvalue weighted by Crippen LogP contribution is 2.35. The van der Waals surface area contributed by atoms with Crippen molar-refractivity contribution in [3.05, 3.63) is 41.5 Å². The van der Waals surface area contributed by atoms with Crippen molar-refractivity contribution in [2.45, 2.75) is 37.6 Å². The van der Waals surface area contributed by atoms with Crippen LogP contribution in [-0.2, 0) is 14.6 Å². The molecule has 1 aromatic rings. The number of nitrogens with one attached hydrogen (secondary N) is 1. The third-order valence-corrected chi connectivity index (χ3v) is 4.88. The van der Waals surface area contributed by atoms with Gasteiger partial charge in [0.2, 0.25) is 5.91 Å². The highest BCUT2D eigenvalue weighted by Gasteiger charge is 2.23. The van der Waals surface area contributed by atoms with E-state index in [0.717, 1.165) is 11.1 Å². The predicted molar refractivity (Wildman–Crippen MR) is 82.6 cm³/mol. The molecule has 0 radical (unpaired) electrons. The van der Waals surface area contributed by atoms with Gasteiger partial charge in [0, 0.05) is 12.3 Å². The van der Waals surface area contributed by atoms with Crippen molar-refractivity contribution in [3.8, 4) is 0 Å². The van der Waals surface area contributed by atoms with Crippen molar-refractivity contribution < 1.29 is 13.2 Å². The Kier molecular flexibility index (Phi) is 4.52. The van der Waals surface area contributed by atoms with Crippen molar-refractivity contribution in [1.29, 1.82) is 0 Å². The van der Waals surface area contributed by atoms with E-state index in [1.807, 2.05) is 13.8 Å². The Morgan fingerprint density at radius 2 is 1.86 bits per heavy atom. The van der Waals surface area contributed by atoms with Gasteiger partial charge in [0.05, 0.1) is 10.9 Å². The largest absolute Gasteiger partial charge is 0.346 e. The lowest BCUT2D eigenvalue weighted by atomic mass is 10.1. The maximum Gasteiger partial charge on any atom is 0.244 e. The van der Waals surface area contributed by atoms with E-state index in [1.165, 1.54) is 19.1 Å². The molecule has 1 aliphatic rings. The molecule has 5 heteroatoms. The third kappa shape index (κ3) is 4.43. The number of allylic oxidation sites excluding steroid dienone is 1. The van der Waals surface area contributed by atoms with Gasteiger partial charge in [-0.3, -0.25) is 4.79 Å². The summed E-state index contributed by atoms with van der Waals surface area (Å²) >= 11 is 0. The number of benzene rings is 1. The van der Waals surface area contributed by atoms with Crippen LogP contribution in [0.3, 0.4) is 0 Å². The Balaban J connectivity index is 2.01. The molecule has 0 spiro atoms. The Hall–Kier alpha value is -1.62. The van der Waals surface area contributed by atoms with Gasteiger partial charge >= 0.3 is 0 Å². The van der Waals surface area contributed by atoms with E-state index in [0.29, 0.717) is 5.92 Å². The summed E-state index contributed by atoms with van der Waals surface area (Å²) in [5.41, 5.74) is 2.01. The average Bonchev–Trinajstić information content (AvgIpc) is 3.21. The predicted octanol–water partition coefficient (Wildman–Crippen LogP) is 2.62. The molecule has 1 atom stereocenters. The molecule has 1 unspecified atom stereocenters. The van der Waals surface area contributed by atoms with Crippen molar-refractivity contribution >= 4 is 15.7 Å². The zero-order chi connectivity index (χ0) is 15.6. The van der Waals surface area contributed by atoms with Gasteiger partial charge < -0.3 is 5.32 Å². The Morgan fingerprint density at radius 1 is 1.29 bits per heavy atom. The molecule has 4 nitrogen and oxygen atoms in total. The maximum atomic E-state index is 11.9. The smallest absolute Gasteiger partial charge is 0.244 e. The van der Waals surface area contributed by atoms with Crippen LogP contribution in [0.25, 0.3) is 0 Å². The van der Waals surface area contributed by atoms with Gasteiger partial charge in [0.15, 0.2) is 9.84 Å². The van der Waals surface area contributed by atoms with Crippen molar-refractivity contribution in [2.24, 2.45) is 5.92 Å². The molecule has 1 saturated carbocycles. The van der Waals surface area contributed by atoms with E-state index >= 15 is 0 Å². The maximum absolute atomic E-state index is 11.9. The minimum absolute atomic E-state index is 0.0981. The highest BCUT2D eigenvalue weighted by atomic mass is 32.2. The Morgan fingerprint density at radius 3 is 2.33 bits per heavy atom. The first-order valence-corrected chi connectivity index (χ1v) is 8.95. The zero-order valence-corrected chi connectivity index (χ0v) is 13.4. The molecule has 1 amide bonds. The molecule has 1 aromatic carbocycles. The summed E-state index contributed by atoms with van der Waals surface area (Å²) in [5.74, 6) is 0.485. The summed E-state index contributed by atoms with van der Waals surface area (Å²) in [6.07, 6.45) is 5.20. The Bertz CT molecular complexity index is 655. The van der Waals surface area contributed by atoms with Crippen LogP contribution in [-0.4, -0.2) is 20.6 Å². The number of hydrogen-bond donors (Lipinski definition) is 1. The molecular weight excluding hydrogens is 286 g/mol. The summed E-state index contributed by atoms with van der Waals surface area (Å²) in [5, 5.41) is 2.90. The fourth-order valence-electron chi connectivity index (χ4n) is 2.21. The van der Waals surface area contributed by atoms with E-state index in [4.69, 9.17) is 0 Å². The monoisotopic (exact) mass is 307 g/mol. The number of carbonyl (C=O) groups excluding carboxylic acids is 1. The van der Waals surface area contributed by atoms with Gasteiger partial charge in [-0.2, -0.15) is 0 Å². The van der Waals surface area contributed by atoms with Crippen LogP contribution < -0.4 is 5.32 Å². The summed E-state index contributed by atoms with van der Waals surface area (Å²) in [6, 6.07) is 6.45. The molecule has 0 aromatic heterocycles. The molecule has 1 fully saturated rings. The van der Waals surface area contributed by atoms with E-state index in [2.05, 4.69) is 5.32 Å². The van der Waals surface area contributed by atoms with Crippen LogP contribution in [0, 0.1) is 5.92 Å². The van der Waals surface area contributed by atoms with Gasteiger partial charge in [-0.1, -0.05) is 17.7 Å². The lowest BCUT2D eigenvalue weighted by Gasteiger charge is -2.13. The zero-order valence-electron chi connectivity index (χ0n) is 12.6. The van der Waals surface area contributed by atoms with Gasteiger partial charge in [-0.15, -0.1) is 0 Å². The van der Waals surface area contributed by atoms with E-state index in [9.17, 15) is 13.2 Å². The molecule has 1 N–H and O–H groups in total. The number of hydrogen-bond acceptors (Lipinski definition) is 3. The van der Waals surface area contributed by atoms with Crippen molar-refractivity contribution in [3.63, 3.8) is 0 Å². The third-order valence-electron chi connectivity index (χ3n) is 3.75. The fraction of sp³-hybridized carbons (Fsp3) is 0.438. The molecule has 0 bridgehead atoms. The SMILES string of the molecule is C/C(=C\C(=O)NC(C)c1ccc(S(C)(=O)=O)cc1)C1CC1. The summed E-state index contributed by atoms with van der Waals surface area (Å²) in [6.45, 7) is 3.87. The number of rotatable bonds is 5. The van der Waals surface area contributed by atoms with E-state index < -0.39 is 9.84 Å². The number of carbonyl (C=O) groups is 1. The van der Waals surface area contributed by atoms with Gasteiger partial charge in [-0.25, -0.2) is 8.42 Å². The Labute approximate surface area is 126 Å².